The fourth-order valence-electron chi connectivity index (χ4n) is 2.55. The molecule has 3 aromatic rings. The molecule has 0 N–H and O–H groups in total. The number of nitrogens with zero attached hydrogens (tertiary/aromatic N) is 3. The second kappa shape index (κ2) is 5.15. The Hall–Kier alpha value is -1.87. The quantitative estimate of drug-likeness (QED) is 0.645. The van der Waals surface area contributed by atoms with E-state index in [0.29, 0.717) is 0 Å². The van der Waals surface area contributed by atoms with Crippen molar-refractivity contribution in [1.29, 1.82) is 0 Å². The SMILES string of the molecule is Cc1ccc2nc(C(C)Cl)n(-c3cccc(C)c3C)c2n1. The van der Waals surface area contributed by atoms with Gasteiger partial charge in [0.15, 0.2) is 5.65 Å². The van der Waals surface area contributed by atoms with Crippen molar-refractivity contribution < 1.29 is 0 Å². The van der Waals surface area contributed by atoms with E-state index in [0.717, 1.165) is 28.4 Å². The van der Waals surface area contributed by atoms with Crippen molar-refractivity contribution in [2.75, 3.05) is 0 Å². The average Bonchev–Trinajstić information content (AvgIpc) is 2.80. The summed E-state index contributed by atoms with van der Waals surface area (Å²) in [5, 5.41) is -0.181. The summed E-state index contributed by atoms with van der Waals surface area (Å²) in [5.41, 5.74) is 6.28. The first-order valence-corrected chi connectivity index (χ1v) is 7.49. The second-order valence-corrected chi connectivity index (χ2v) is 6.09. The van der Waals surface area contributed by atoms with E-state index < -0.39 is 0 Å². The lowest BCUT2D eigenvalue weighted by atomic mass is 10.1. The predicted molar refractivity (Wildman–Crippen MR) is 87.3 cm³/mol. The molecule has 0 aliphatic rings. The minimum absolute atomic E-state index is 0.181. The molecular weight excluding hydrogens is 282 g/mol. The summed E-state index contributed by atoms with van der Waals surface area (Å²) in [7, 11) is 0. The smallest absolute Gasteiger partial charge is 0.164 e. The maximum absolute atomic E-state index is 6.35. The molecule has 0 saturated carbocycles. The Labute approximate surface area is 129 Å². The largest absolute Gasteiger partial charge is 0.279 e. The van der Waals surface area contributed by atoms with Crippen molar-refractivity contribution in [3.8, 4) is 5.69 Å². The number of hydrogen-bond donors (Lipinski definition) is 0. The molecule has 0 aliphatic carbocycles. The molecule has 0 fully saturated rings. The maximum Gasteiger partial charge on any atom is 0.164 e. The predicted octanol–water partition coefficient (Wildman–Crippen LogP) is 4.65. The van der Waals surface area contributed by atoms with Crippen molar-refractivity contribution in [2.45, 2.75) is 33.1 Å². The van der Waals surface area contributed by atoms with Crippen LogP contribution in [0.5, 0.6) is 0 Å². The van der Waals surface area contributed by atoms with E-state index in [1.165, 1.54) is 11.1 Å². The lowest BCUT2D eigenvalue weighted by molar-refractivity contribution is 0.870. The van der Waals surface area contributed by atoms with Gasteiger partial charge in [-0.3, -0.25) is 4.57 Å². The van der Waals surface area contributed by atoms with Gasteiger partial charge in [-0.25, -0.2) is 9.97 Å². The van der Waals surface area contributed by atoms with Gasteiger partial charge in [-0.15, -0.1) is 11.6 Å². The Kier molecular flexibility index (Phi) is 3.46. The molecule has 0 amide bonds. The molecule has 0 spiro atoms. The summed E-state index contributed by atoms with van der Waals surface area (Å²) in [6.07, 6.45) is 0. The summed E-state index contributed by atoms with van der Waals surface area (Å²) in [6, 6.07) is 10.2. The Morgan fingerprint density at radius 3 is 2.52 bits per heavy atom. The number of rotatable bonds is 2. The Morgan fingerprint density at radius 2 is 1.81 bits per heavy atom. The Morgan fingerprint density at radius 1 is 1.05 bits per heavy atom. The van der Waals surface area contributed by atoms with E-state index in [4.69, 9.17) is 11.6 Å². The first-order chi connectivity index (χ1) is 9.99. The van der Waals surface area contributed by atoms with E-state index >= 15 is 0 Å². The zero-order valence-corrected chi connectivity index (χ0v) is 13.4. The van der Waals surface area contributed by atoms with Gasteiger partial charge < -0.3 is 0 Å². The molecular formula is C17H18ClN3. The van der Waals surface area contributed by atoms with Gasteiger partial charge in [0.1, 0.15) is 11.3 Å². The third-order valence-corrected chi connectivity index (χ3v) is 4.04. The maximum atomic E-state index is 6.35. The van der Waals surface area contributed by atoms with Crippen molar-refractivity contribution in [1.82, 2.24) is 14.5 Å². The summed E-state index contributed by atoms with van der Waals surface area (Å²) >= 11 is 6.35. The van der Waals surface area contributed by atoms with Crippen LogP contribution in [0.1, 0.15) is 34.9 Å². The molecule has 108 valence electrons. The highest BCUT2D eigenvalue weighted by atomic mass is 35.5. The number of alkyl halides is 1. The fraction of sp³-hybridized carbons (Fsp3) is 0.294. The molecule has 3 rings (SSSR count). The molecule has 0 radical (unpaired) electrons. The lowest BCUT2D eigenvalue weighted by Crippen LogP contribution is -2.05. The van der Waals surface area contributed by atoms with E-state index in [2.05, 4.69) is 46.6 Å². The third kappa shape index (κ3) is 2.32. The van der Waals surface area contributed by atoms with E-state index in [1.807, 2.05) is 26.0 Å². The van der Waals surface area contributed by atoms with E-state index in [1.54, 1.807) is 0 Å². The number of aryl methyl sites for hydroxylation is 2. The molecule has 1 aromatic carbocycles. The minimum Gasteiger partial charge on any atom is -0.279 e. The molecule has 0 bridgehead atoms. The van der Waals surface area contributed by atoms with Crippen LogP contribution < -0.4 is 0 Å². The highest BCUT2D eigenvalue weighted by molar-refractivity contribution is 6.20. The minimum atomic E-state index is -0.181. The van der Waals surface area contributed by atoms with E-state index in [9.17, 15) is 0 Å². The van der Waals surface area contributed by atoms with Crippen LogP contribution >= 0.6 is 11.6 Å². The zero-order valence-electron chi connectivity index (χ0n) is 12.7. The highest BCUT2D eigenvalue weighted by Crippen LogP contribution is 2.29. The molecule has 2 heterocycles. The normalized spacial score (nSPS) is 12.8. The van der Waals surface area contributed by atoms with Gasteiger partial charge in [-0.1, -0.05) is 12.1 Å². The number of pyridine rings is 1. The van der Waals surface area contributed by atoms with Crippen LogP contribution in [0.3, 0.4) is 0 Å². The number of imidazole rings is 1. The molecule has 1 unspecified atom stereocenters. The molecule has 2 aromatic heterocycles. The molecule has 4 heteroatoms. The number of fused-ring (bicyclic) bond motifs is 1. The number of hydrogen-bond acceptors (Lipinski definition) is 2. The number of aromatic nitrogens is 3. The topological polar surface area (TPSA) is 30.7 Å². The summed E-state index contributed by atoms with van der Waals surface area (Å²) in [6.45, 7) is 8.16. The van der Waals surface area contributed by atoms with Crippen molar-refractivity contribution in [3.05, 3.63) is 53.0 Å². The van der Waals surface area contributed by atoms with Crippen LogP contribution in [-0.4, -0.2) is 14.5 Å². The fourth-order valence-corrected chi connectivity index (χ4v) is 2.70. The monoisotopic (exact) mass is 299 g/mol. The molecule has 0 saturated heterocycles. The van der Waals surface area contributed by atoms with Gasteiger partial charge in [0.25, 0.3) is 0 Å². The van der Waals surface area contributed by atoms with Gasteiger partial charge in [0.2, 0.25) is 0 Å². The number of halogens is 1. The first-order valence-electron chi connectivity index (χ1n) is 7.05. The van der Waals surface area contributed by atoms with Crippen LogP contribution in [0, 0.1) is 20.8 Å². The molecule has 3 nitrogen and oxygen atoms in total. The average molecular weight is 300 g/mol. The van der Waals surface area contributed by atoms with Crippen molar-refractivity contribution in [3.63, 3.8) is 0 Å². The second-order valence-electron chi connectivity index (χ2n) is 5.44. The first kappa shape index (κ1) is 14.1. The third-order valence-electron chi connectivity index (χ3n) is 3.84. The van der Waals surface area contributed by atoms with E-state index in [-0.39, 0.29) is 5.38 Å². The summed E-state index contributed by atoms with van der Waals surface area (Å²) < 4.78 is 2.09. The van der Waals surface area contributed by atoms with Crippen LogP contribution in [0.2, 0.25) is 0 Å². The Bertz CT molecular complexity index is 818. The molecule has 1 atom stereocenters. The van der Waals surface area contributed by atoms with Crippen LogP contribution in [-0.2, 0) is 0 Å². The van der Waals surface area contributed by atoms with Gasteiger partial charge in [-0.05, 0) is 57.0 Å². The lowest BCUT2D eigenvalue weighted by Gasteiger charge is -2.14. The van der Waals surface area contributed by atoms with Gasteiger partial charge in [0, 0.05) is 5.69 Å². The summed E-state index contributed by atoms with van der Waals surface area (Å²) in [4.78, 5) is 9.34. The Balaban J connectivity index is 2.41. The highest BCUT2D eigenvalue weighted by Gasteiger charge is 2.18. The van der Waals surface area contributed by atoms with Crippen LogP contribution in [0.25, 0.3) is 16.9 Å². The van der Waals surface area contributed by atoms with Crippen LogP contribution in [0.15, 0.2) is 30.3 Å². The standard InChI is InChI=1S/C17H18ClN3/c1-10-6-5-7-15(12(10)3)21-16(13(4)18)20-14-9-8-11(2)19-17(14)21/h5-9,13H,1-4H3. The van der Waals surface area contributed by atoms with Crippen molar-refractivity contribution >= 4 is 22.8 Å². The van der Waals surface area contributed by atoms with Gasteiger partial charge in [0.05, 0.1) is 11.1 Å². The zero-order chi connectivity index (χ0) is 15.1. The van der Waals surface area contributed by atoms with Gasteiger partial charge in [-0.2, -0.15) is 0 Å². The molecule has 21 heavy (non-hydrogen) atoms. The van der Waals surface area contributed by atoms with Gasteiger partial charge >= 0.3 is 0 Å². The van der Waals surface area contributed by atoms with Crippen LogP contribution in [0.4, 0.5) is 0 Å². The molecule has 0 aliphatic heterocycles. The van der Waals surface area contributed by atoms with Crippen molar-refractivity contribution in [2.24, 2.45) is 0 Å². The number of benzene rings is 1. The summed E-state index contributed by atoms with van der Waals surface area (Å²) in [5.74, 6) is 0.832.